The summed E-state index contributed by atoms with van der Waals surface area (Å²) in [6.45, 7) is 4.08. The van der Waals surface area contributed by atoms with Gasteiger partial charge in [-0.05, 0) is 19.3 Å². The van der Waals surface area contributed by atoms with Crippen LogP contribution in [0.1, 0.15) is 26.2 Å². The molecule has 4 heteroatoms. The molecule has 2 N–H and O–H groups in total. The Morgan fingerprint density at radius 1 is 1.57 bits per heavy atom. The van der Waals surface area contributed by atoms with Gasteiger partial charge in [0, 0.05) is 19.1 Å². The fourth-order valence-corrected chi connectivity index (χ4v) is 1.46. The summed E-state index contributed by atoms with van der Waals surface area (Å²) in [4.78, 5) is 13.6. The lowest BCUT2D eigenvalue weighted by molar-refractivity contribution is -0.136. The van der Waals surface area contributed by atoms with Crippen LogP contribution in [-0.4, -0.2) is 43.2 Å². The first kappa shape index (κ1) is 11.5. The third-order valence-corrected chi connectivity index (χ3v) is 2.26. The summed E-state index contributed by atoms with van der Waals surface area (Å²) in [5.74, 6) is 0.114. The van der Waals surface area contributed by atoms with Gasteiger partial charge in [-0.1, -0.05) is 6.92 Å². The molecule has 0 heterocycles. The summed E-state index contributed by atoms with van der Waals surface area (Å²) in [7, 11) is 0. The Labute approximate surface area is 85.4 Å². The van der Waals surface area contributed by atoms with Crippen molar-refractivity contribution in [2.24, 2.45) is 5.73 Å². The maximum absolute atomic E-state index is 11.6. The van der Waals surface area contributed by atoms with Crippen molar-refractivity contribution in [2.45, 2.75) is 32.2 Å². The lowest BCUT2D eigenvalue weighted by atomic mass is 10.4. The molecule has 0 spiro atoms. The maximum Gasteiger partial charge on any atom is 0.248 e. The molecule has 0 aromatic rings. The van der Waals surface area contributed by atoms with E-state index in [4.69, 9.17) is 10.5 Å². The van der Waals surface area contributed by atoms with Gasteiger partial charge in [-0.3, -0.25) is 4.79 Å². The first-order chi connectivity index (χ1) is 6.79. The second-order valence-corrected chi connectivity index (χ2v) is 3.66. The topological polar surface area (TPSA) is 55.6 Å². The summed E-state index contributed by atoms with van der Waals surface area (Å²) >= 11 is 0. The molecule has 0 atom stereocenters. The second-order valence-electron chi connectivity index (χ2n) is 3.66. The van der Waals surface area contributed by atoms with Gasteiger partial charge < -0.3 is 15.4 Å². The molecule has 0 aromatic heterocycles. The van der Waals surface area contributed by atoms with E-state index < -0.39 is 0 Å². The molecule has 14 heavy (non-hydrogen) atoms. The molecule has 1 aliphatic rings. The van der Waals surface area contributed by atoms with Gasteiger partial charge >= 0.3 is 0 Å². The van der Waals surface area contributed by atoms with Gasteiger partial charge in [-0.2, -0.15) is 0 Å². The van der Waals surface area contributed by atoms with E-state index >= 15 is 0 Å². The Balaban J connectivity index is 2.23. The normalized spacial score (nSPS) is 15.6. The van der Waals surface area contributed by atoms with Crippen molar-refractivity contribution < 1.29 is 9.53 Å². The van der Waals surface area contributed by atoms with E-state index in [1.54, 1.807) is 0 Å². The van der Waals surface area contributed by atoms with Crippen LogP contribution in [0.2, 0.25) is 0 Å². The van der Waals surface area contributed by atoms with Gasteiger partial charge in [0.1, 0.15) is 6.61 Å². The van der Waals surface area contributed by atoms with Gasteiger partial charge in [0.25, 0.3) is 0 Å². The minimum atomic E-state index is 0.114. The van der Waals surface area contributed by atoms with E-state index in [-0.39, 0.29) is 12.5 Å². The largest absolute Gasteiger partial charge is 0.370 e. The molecule has 82 valence electrons. The molecule has 1 rings (SSSR count). The van der Waals surface area contributed by atoms with E-state index in [1.807, 2.05) is 4.90 Å². The van der Waals surface area contributed by atoms with Crippen molar-refractivity contribution in [1.82, 2.24) is 4.90 Å². The highest BCUT2D eigenvalue weighted by atomic mass is 16.5. The van der Waals surface area contributed by atoms with Crippen molar-refractivity contribution in [3.05, 3.63) is 0 Å². The molecule has 0 aliphatic heterocycles. The fraction of sp³-hybridized carbons (Fsp3) is 0.900. The molecule has 0 aromatic carbocycles. The van der Waals surface area contributed by atoms with Gasteiger partial charge in [-0.25, -0.2) is 0 Å². The van der Waals surface area contributed by atoms with Gasteiger partial charge in [-0.15, -0.1) is 0 Å². The molecule has 1 fully saturated rings. The molecule has 0 unspecified atom stereocenters. The molecular weight excluding hydrogens is 180 g/mol. The van der Waals surface area contributed by atoms with Crippen LogP contribution >= 0.6 is 0 Å². The Kier molecular flexibility index (Phi) is 4.90. The molecule has 1 saturated carbocycles. The summed E-state index contributed by atoms with van der Waals surface area (Å²) in [6, 6.07) is 0.490. The van der Waals surface area contributed by atoms with E-state index in [0.29, 0.717) is 19.2 Å². The molecule has 0 radical (unpaired) electrons. The van der Waals surface area contributed by atoms with Crippen molar-refractivity contribution in [1.29, 1.82) is 0 Å². The number of hydrogen-bond acceptors (Lipinski definition) is 3. The second kappa shape index (κ2) is 5.98. The summed E-state index contributed by atoms with van der Waals surface area (Å²) < 4.78 is 5.13. The summed E-state index contributed by atoms with van der Waals surface area (Å²) in [5, 5.41) is 0. The zero-order valence-corrected chi connectivity index (χ0v) is 8.87. The highest BCUT2D eigenvalue weighted by molar-refractivity contribution is 5.78. The van der Waals surface area contributed by atoms with Gasteiger partial charge in [0.2, 0.25) is 5.91 Å². The molecule has 4 nitrogen and oxygen atoms in total. The van der Waals surface area contributed by atoms with Crippen LogP contribution in [0.3, 0.4) is 0 Å². The monoisotopic (exact) mass is 200 g/mol. The Morgan fingerprint density at radius 3 is 2.79 bits per heavy atom. The van der Waals surface area contributed by atoms with E-state index in [9.17, 15) is 4.79 Å². The standard InChI is InChI=1S/C10H20N2O2/c1-2-6-12(9-3-4-9)10(13)8-14-7-5-11/h9H,2-8,11H2,1H3. The highest BCUT2D eigenvalue weighted by Gasteiger charge is 2.31. The number of nitrogens with zero attached hydrogens (tertiary/aromatic N) is 1. The van der Waals surface area contributed by atoms with E-state index in [0.717, 1.165) is 25.8 Å². The van der Waals surface area contributed by atoms with Crippen LogP contribution in [-0.2, 0) is 9.53 Å². The zero-order valence-electron chi connectivity index (χ0n) is 8.87. The van der Waals surface area contributed by atoms with Crippen LogP contribution in [0.25, 0.3) is 0 Å². The van der Waals surface area contributed by atoms with E-state index in [2.05, 4.69) is 6.92 Å². The number of rotatable bonds is 7. The van der Waals surface area contributed by atoms with Crippen LogP contribution in [0.5, 0.6) is 0 Å². The molecule has 1 amide bonds. The number of hydrogen-bond donors (Lipinski definition) is 1. The van der Waals surface area contributed by atoms with Crippen LogP contribution < -0.4 is 5.73 Å². The lowest BCUT2D eigenvalue weighted by Gasteiger charge is -2.21. The van der Waals surface area contributed by atoms with Crippen LogP contribution in [0.15, 0.2) is 0 Å². The smallest absolute Gasteiger partial charge is 0.248 e. The third-order valence-electron chi connectivity index (χ3n) is 2.26. The average Bonchev–Trinajstić information content (AvgIpc) is 2.98. The predicted molar refractivity (Wildman–Crippen MR) is 54.9 cm³/mol. The number of nitrogens with two attached hydrogens (primary N) is 1. The fourth-order valence-electron chi connectivity index (χ4n) is 1.46. The van der Waals surface area contributed by atoms with Crippen molar-refractivity contribution in [3.63, 3.8) is 0 Å². The molecule has 0 saturated heterocycles. The first-order valence-corrected chi connectivity index (χ1v) is 5.36. The molecule has 1 aliphatic carbocycles. The van der Waals surface area contributed by atoms with Crippen molar-refractivity contribution >= 4 is 5.91 Å². The van der Waals surface area contributed by atoms with Gasteiger partial charge in [0.05, 0.1) is 6.61 Å². The Morgan fingerprint density at radius 2 is 2.29 bits per heavy atom. The van der Waals surface area contributed by atoms with Crippen LogP contribution in [0.4, 0.5) is 0 Å². The number of carbonyl (C=O) groups is 1. The lowest BCUT2D eigenvalue weighted by Crippen LogP contribution is -2.36. The zero-order chi connectivity index (χ0) is 10.4. The van der Waals surface area contributed by atoms with E-state index in [1.165, 1.54) is 0 Å². The maximum atomic E-state index is 11.6. The van der Waals surface area contributed by atoms with Gasteiger partial charge in [0.15, 0.2) is 0 Å². The molecular formula is C10H20N2O2. The first-order valence-electron chi connectivity index (χ1n) is 5.36. The molecule has 0 bridgehead atoms. The Bertz CT molecular complexity index is 181. The third kappa shape index (κ3) is 3.64. The van der Waals surface area contributed by atoms with Crippen molar-refractivity contribution in [3.8, 4) is 0 Å². The quantitative estimate of drug-likeness (QED) is 0.604. The number of ether oxygens (including phenoxy) is 1. The minimum Gasteiger partial charge on any atom is -0.370 e. The average molecular weight is 200 g/mol. The van der Waals surface area contributed by atoms with Crippen LogP contribution in [0, 0.1) is 0 Å². The highest BCUT2D eigenvalue weighted by Crippen LogP contribution is 2.26. The van der Waals surface area contributed by atoms with Crippen molar-refractivity contribution in [2.75, 3.05) is 26.3 Å². The SMILES string of the molecule is CCCN(C(=O)COCCN)C1CC1. The number of carbonyl (C=O) groups excluding carboxylic acids is 1. The number of amides is 1. The minimum absolute atomic E-state index is 0.114. The predicted octanol–water partition coefficient (Wildman–Crippen LogP) is 0.363. The summed E-state index contributed by atoms with van der Waals surface area (Å²) in [6.07, 6.45) is 3.32. The Hall–Kier alpha value is -0.610. The summed E-state index contributed by atoms with van der Waals surface area (Å²) in [5.41, 5.74) is 5.27.